The molecule has 2 aromatic rings. The first-order valence-electron chi connectivity index (χ1n) is 9.40. The van der Waals surface area contributed by atoms with Crippen LogP contribution in [0.5, 0.6) is 11.5 Å². The quantitative estimate of drug-likeness (QED) is 0.602. The summed E-state index contributed by atoms with van der Waals surface area (Å²) in [5.74, 6) is 0.832. The number of hydrogen-bond acceptors (Lipinski definition) is 5. The molecule has 1 heterocycles. The van der Waals surface area contributed by atoms with Gasteiger partial charge in [0, 0.05) is 18.2 Å². The molecule has 2 aromatic carbocycles. The van der Waals surface area contributed by atoms with Crippen molar-refractivity contribution in [3.05, 3.63) is 58.1 Å². The van der Waals surface area contributed by atoms with Crippen LogP contribution in [0.3, 0.4) is 0 Å². The van der Waals surface area contributed by atoms with Gasteiger partial charge in [0.05, 0.1) is 29.7 Å². The number of rotatable bonds is 7. The van der Waals surface area contributed by atoms with E-state index >= 15 is 0 Å². The molecule has 29 heavy (non-hydrogen) atoms. The molecule has 1 saturated heterocycles. The summed E-state index contributed by atoms with van der Waals surface area (Å²) >= 11 is 3.45. The molecule has 0 aliphatic carbocycles. The van der Waals surface area contributed by atoms with Crippen LogP contribution in [0, 0.1) is 0 Å². The Hall–Kier alpha value is -2.06. The predicted molar refractivity (Wildman–Crippen MR) is 115 cm³/mol. The summed E-state index contributed by atoms with van der Waals surface area (Å²) < 4.78 is 35.7. The third-order valence-corrected chi connectivity index (χ3v) is 7.21. The van der Waals surface area contributed by atoms with Crippen molar-refractivity contribution in [1.82, 2.24) is 4.90 Å². The third-order valence-electron chi connectivity index (χ3n) is 4.87. The van der Waals surface area contributed by atoms with Gasteiger partial charge in [0.1, 0.15) is 0 Å². The second kappa shape index (κ2) is 9.17. The van der Waals surface area contributed by atoms with Crippen molar-refractivity contribution in [3.63, 3.8) is 0 Å². The van der Waals surface area contributed by atoms with Gasteiger partial charge < -0.3 is 14.4 Å². The minimum atomic E-state index is -3.13. The Morgan fingerprint density at radius 1 is 1.24 bits per heavy atom. The van der Waals surface area contributed by atoms with Crippen molar-refractivity contribution in [1.29, 1.82) is 0 Å². The van der Waals surface area contributed by atoms with E-state index in [1.165, 1.54) is 7.11 Å². The van der Waals surface area contributed by atoms with Gasteiger partial charge in [-0.05, 0) is 47.0 Å². The summed E-state index contributed by atoms with van der Waals surface area (Å²) in [7, 11) is -1.61. The summed E-state index contributed by atoms with van der Waals surface area (Å²) in [6.07, 6.45) is 0.441. The van der Waals surface area contributed by atoms with Crippen LogP contribution in [-0.2, 0) is 16.4 Å². The summed E-state index contributed by atoms with van der Waals surface area (Å²) in [4.78, 5) is 15.1. The molecule has 0 unspecified atom stereocenters. The van der Waals surface area contributed by atoms with E-state index in [4.69, 9.17) is 9.47 Å². The average Bonchev–Trinajstić information content (AvgIpc) is 3.07. The zero-order chi connectivity index (χ0) is 21.0. The first kappa shape index (κ1) is 21.6. The fourth-order valence-electron chi connectivity index (χ4n) is 3.46. The van der Waals surface area contributed by atoms with Crippen LogP contribution in [0.1, 0.15) is 29.3 Å². The first-order valence-corrected chi connectivity index (χ1v) is 12.0. The highest BCUT2D eigenvalue weighted by Crippen LogP contribution is 2.37. The second-order valence-corrected chi connectivity index (χ2v) is 9.98. The van der Waals surface area contributed by atoms with E-state index < -0.39 is 9.84 Å². The lowest BCUT2D eigenvalue weighted by atomic mass is 10.1. The van der Waals surface area contributed by atoms with Crippen LogP contribution in [0.4, 0.5) is 0 Å². The Morgan fingerprint density at radius 3 is 2.55 bits per heavy atom. The maximum absolute atomic E-state index is 13.5. The molecule has 0 radical (unpaired) electrons. The van der Waals surface area contributed by atoms with Gasteiger partial charge in [0.25, 0.3) is 5.91 Å². The van der Waals surface area contributed by atoms with Crippen molar-refractivity contribution in [2.24, 2.45) is 0 Å². The molecule has 3 rings (SSSR count). The molecule has 0 aromatic heterocycles. The number of carbonyl (C=O) groups excluding carboxylic acids is 1. The van der Waals surface area contributed by atoms with Crippen LogP contribution in [0.25, 0.3) is 0 Å². The summed E-state index contributed by atoms with van der Waals surface area (Å²) in [5, 5.41) is 0. The van der Waals surface area contributed by atoms with Gasteiger partial charge in [-0.2, -0.15) is 0 Å². The number of ether oxygens (including phenoxy) is 2. The van der Waals surface area contributed by atoms with Crippen LogP contribution in [0.2, 0.25) is 0 Å². The van der Waals surface area contributed by atoms with E-state index in [-0.39, 0.29) is 23.5 Å². The molecule has 6 nitrogen and oxygen atoms in total. The zero-order valence-corrected chi connectivity index (χ0v) is 18.8. The molecule has 0 saturated carbocycles. The molecule has 1 atom stereocenters. The standard InChI is InChI=1S/C21H24BrNO5S/c1-3-28-20-18(22)11-16(12-19(20)27-2)21(24)23(13-15-7-5-4-6-8-15)17-9-10-29(25,26)14-17/h4-8,11-12,17H,3,9-10,13-14H2,1-2H3/t17-/m0/s1. The number of methoxy groups -OCH3 is 1. The topological polar surface area (TPSA) is 72.9 Å². The van der Waals surface area contributed by atoms with Gasteiger partial charge in [0.15, 0.2) is 21.3 Å². The molecule has 1 fully saturated rings. The van der Waals surface area contributed by atoms with Crippen LogP contribution < -0.4 is 9.47 Å². The number of amides is 1. The van der Waals surface area contributed by atoms with Crippen LogP contribution >= 0.6 is 15.9 Å². The fraction of sp³-hybridized carbons (Fsp3) is 0.381. The smallest absolute Gasteiger partial charge is 0.254 e. The lowest BCUT2D eigenvalue weighted by molar-refractivity contribution is 0.0680. The van der Waals surface area contributed by atoms with Crippen molar-refractivity contribution < 1.29 is 22.7 Å². The van der Waals surface area contributed by atoms with Crippen molar-refractivity contribution in [2.45, 2.75) is 25.9 Å². The molecule has 156 valence electrons. The van der Waals surface area contributed by atoms with Gasteiger partial charge in [0.2, 0.25) is 0 Å². The Balaban J connectivity index is 1.97. The first-order chi connectivity index (χ1) is 13.8. The average molecular weight is 482 g/mol. The van der Waals surface area contributed by atoms with Crippen molar-refractivity contribution in [2.75, 3.05) is 25.2 Å². The maximum atomic E-state index is 13.5. The maximum Gasteiger partial charge on any atom is 0.254 e. The number of carbonyl (C=O) groups is 1. The minimum Gasteiger partial charge on any atom is -0.493 e. The predicted octanol–water partition coefficient (Wildman–Crippen LogP) is 3.69. The monoisotopic (exact) mass is 481 g/mol. The highest BCUT2D eigenvalue weighted by Gasteiger charge is 2.35. The normalized spacial score (nSPS) is 17.7. The van der Waals surface area contributed by atoms with Gasteiger partial charge in [-0.1, -0.05) is 30.3 Å². The lowest BCUT2D eigenvalue weighted by Crippen LogP contribution is -2.40. The minimum absolute atomic E-state index is 0.0130. The van der Waals surface area contributed by atoms with Gasteiger partial charge in [-0.15, -0.1) is 0 Å². The Bertz CT molecular complexity index is 978. The van der Waals surface area contributed by atoms with Crippen molar-refractivity contribution >= 4 is 31.7 Å². The van der Waals surface area contributed by atoms with Crippen LogP contribution in [-0.4, -0.2) is 50.5 Å². The third kappa shape index (κ3) is 5.11. The number of benzene rings is 2. The number of halogens is 1. The second-order valence-electron chi connectivity index (χ2n) is 6.90. The SMILES string of the molecule is CCOc1c(Br)cc(C(=O)N(Cc2ccccc2)[C@H]2CCS(=O)(=O)C2)cc1OC. The van der Waals surface area contributed by atoms with E-state index in [2.05, 4.69) is 15.9 Å². The van der Waals surface area contributed by atoms with Gasteiger partial charge in [-0.25, -0.2) is 8.42 Å². The molecule has 8 heteroatoms. The van der Waals surface area contributed by atoms with E-state index in [1.807, 2.05) is 37.3 Å². The van der Waals surface area contributed by atoms with Gasteiger partial charge >= 0.3 is 0 Å². The van der Waals surface area contributed by atoms with E-state index in [9.17, 15) is 13.2 Å². The molecule has 0 bridgehead atoms. The zero-order valence-electron chi connectivity index (χ0n) is 16.4. The van der Waals surface area contributed by atoms with Crippen LogP contribution in [0.15, 0.2) is 46.9 Å². The lowest BCUT2D eigenvalue weighted by Gasteiger charge is -2.29. The summed E-state index contributed by atoms with van der Waals surface area (Å²) in [5.41, 5.74) is 1.36. The molecule has 0 N–H and O–H groups in total. The van der Waals surface area contributed by atoms with E-state index in [1.54, 1.807) is 17.0 Å². The Kier molecular flexibility index (Phi) is 6.85. The largest absolute Gasteiger partial charge is 0.493 e. The molecule has 1 amide bonds. The van der Waals surface area contributed by atoms with Gasteiger partial charge in [-0.3, -0.25) is 4.79 Å². The molecular weight excluding hydrogens is 458 g/mol. The Labute approximate surface area is 179 Å². The van der Waals surface area contributed by atoms with Crippen molar-refractivity contribution in [3.8, 4) is 11.5 Å². The molecule has 1 aliphatic rings. The van der Waals surface area contributed by atoms with E-state index in [0.29, 0.717) is 41.1 Å². The highest BCUT2D eigenvalue weighted by molar-refractivity contribution is 9.10. The summed E-state index contributed by atoms with van der Waals surface area (Å²) in [6.45, 7) is 2.67. The number of hydrogen-bond donors (Lipinski definition) is 0. The molecule has 1 aliphatic heterocycles. The Morgan fingerprint density at radius 2 is 1.97 bits per heavy atom. The summed E-state index contributed by atoms with van der Waals surface area (Å²) in [6, 6.07) is 12.5. The molecule has 0 spiro atoms. The molecular formula is C21H24BrNO5S. The number of nitrogens with zero attached hydrogens (tertiary/aromatic N) is 1. The highest BCUT2D eigenvalue weighted by atomic mass is 79.9. The fourth-order valence-corrected chi connectivity index (χ4v) is 5.75. The number of sulfone groups is 1. The van der Waals surface area contributed by atoms with E-state index in [0.717, 1.165) is 5.56 Å².